The van der Waals surface area contributed by atoms with E-state index in [1.165, 1.54) is 11.8 Å². The lowest BCUT2D eigenvalue weighted by atomic mass is 10.3. The van der Waals surface area contributed by atoms with Crippen LogP contribution >= 0.6 is 11.8 Å². The summed E-state index contributed by atoms with van der Waals surface area (Å²) >= 11 is 1.37. The maximum absolute atomic E-state index is 9.20. The first-order valence-corrected chi connectivity index (χ1v) is 5.55. The van der Waals surface area contributed by atoms with E-state index in [1.54, 1.807) is 6.92 Å². The Bertz CT molecular complexity index is 346. The molecule has 0 spiro atoms. The molecule has 0 fully saturated rings. The van der Waals surface area contributed by atoms with Crippen molar-refractivity contribution in [3.8, 4) is 0 Å². The predicted octanol–water partition coefficient (Wildman–Crippen LogP) is 0.121. The van der Waals surface area contributed by atoms with Gasteiger partial charge in [0.1, 0.15) is 16.7 Å². The van der Waals surface area contributed by atoms with E-state index < -0.39 is 6.10 Å². The lowest BCUT2D eigenvalue weighted by Crippen LogP contribution is -2.15. The highest BCUT2D eigenvalue weighted by molar-refractivity contribution is 7.99. The Hall–Kier alpha value is -0.850. The molecule has 1 aromatic rings. The van der Waals surface area contributed by atoms with Crippen LogP contribution in [0.15, 0.2) is 5.03 Å². The maximum atomic E-state index is 9.20. The zero-order chi connectivity index (χ0) is 11.4. The Labute approximate surface area is 92.7 Å². The Morgan fingerprint density at radius 3 is 2.67 bits per heavy atom. The molecule has 0 aromatic carbocycles. The van der Waals surface area contributed by atoms with Crippen molar-refractivity contribution in [3.63, 3.8) is 0 Å². The second kappa shape index (κ2) is 5.29. The molecule has 0 saturated heterocycles. The Balaban J connectivity index is 2.76. The topological polar surface area (TPSA) is 92.3 Å². The number of nitrogen functional groups attached to an aromatic ring is 1. The molecule has 1 rings (SSSR count). The van der Waals surface area contributed by atoms with Crippen LogP contribution in [0.25, 0.3) is 0 Å². The van der Waals surface area contributed by atoms with Crippen molar-refractivity contribution < 1.29 is 10.2 Å². The summed E-state index contributed by atoms with van der Waals surface area (Å²) in [5, 5.41) is 18.6. The van der Waals surface area contributed by atoms with E-state index in [4.69, 9.17) is 10.8 Å². The SMILES string of the molecule is Cc1nc(N)c(C)c(SCC(O)CO)n1. The molecule has 5 nitrogen and oxygen atoms in total. The van der Waals surface area contributed by atoms with Gasteiger partial charge in [0.25, 0.3) is 0 Å². The minimum atomic E-state index is -0.731. The normalized spacial score (nSPS) is 12.8. The fourth-order valence-electron chi connectivity index (χ4n) is 0.992. The molecule has 0 saturated carbocycles. The van der Waals surface area contributed by atoms with Crippen LogP contribution in [-0.4, -0.2) is 38.6 Å². The van der Waals surface area contributed by atoms with E-state index in [0.717, 1.165) is 10.6 Å². The van der Waals surface area contributed by atoms with Gasteiger partial charge in [0.15, 0.2) is 0 Å². The van der Waals surface area contributed by atoms with Gasteiger partial charge in [-0.15, -0.1) is 11.8 Å². The average molecular weight is 229 g/mol. The minimum Gasteiger partial charge on any atom is -0.394 e. The van der Waals surface area contributed by atoms with Crippen molar-refractivity contribution in [2.75, 3.05) is 18.1 Å². The van der Waals surface area contributed by atoms with Crippen LogP contribution in [0.4, 0.5) is 5.82 Å². The van der Waals surface area contributed by atoms with Crippen molar-refractivity contribution in [2.24, 2.45) is 0 Å². The molecule has 0 radical (unpaired) electrons. The molecular weight excluding hydrogens is 214 g/mol. The van der Waals surface area contributed by atoms with Crippen LogP contribution in [0.2, 0.25) is 0 Å². The summed E-state index contributed by atoms with van der Waals surface area (Å²) in [4.78, 5) is 8.24. The molecule has 6 heteroatoms. The largest absolute Gasteiger partial charge is 0.394 e. The Morgan fingerprint density at radius 2 is 2.07 bits per heavy atom. The van der Waals surface area contributed by atoms with Gasteiger partial charge >= 0.3 is 0 Å². The van der Waals surface area contributed by atoms with Crippen molar-refractivity contribution >= 4 is 17.6 Å². The van der Waals surface area contributed by atoms with E-state index in [9.17, 15) is 5.11 Å². The molecule has 4 N–H and O–H groups in total. The van der Waals surface area contributed by atoms with Gasteiger partial charge in [0.05, 0.1) is 12.7 Å². The second-order valence-corrected chi connectivity index (χ2v) is 4.24. The molecule has 0 aliphatic heterocycles. The first kappa shape index (κ1) is 12.2. The first-order valence-electron chi connectivity index (χ1n) is 4.57. The van der Waals surface area contributed by atoms with Crippen molar-refractivity contribution in [2.45, 2.75) is 25.0 Å². The standard InChI is InChI=1S/C9H15N3O2S/c1-5-8(10)11-6(2)12-9(5)15-4-7(14)3-13/h7,13-14H,3-4H2,1-2H3,(H2,10,11,12). The minimum absolute atomic E-state index is 0.244. The first-order chi connectivity index (χ1) is 7.04. The van der Waals surface area contributed by atoms with Crippen LogP contribution < -0.4 is 5.73 Å². The lowest BCUT2D eigenvalue weighted by Gasteiger charge is -2.09. The highest BCUT2D eigenvalue weighted by atomic mass is 32.2. The zero-order valence-electron chi connectivity index (χ0n) is 8.77. The van der Waals surface area contributed by atoms with Gasteiger partial charge in [-0.25, -0.2) is 9.97 Å². The van der Waals surface area contributed by atoms with Crippen molar-refractivity contribution in [1.29, 1.82) is 0 Å². The fraction of sp³-hybridized carbons (Fsp3) is 0.556. The molecule has 0 bridgehead atoms. The summed E-state index contributed by atoms with van der Waals surface area (Å²) in [5.74, 6) is 1.47. The lowest BCUT2D eigenvalue weighted by molar-refractivity contribution is 0.113. The third-order valence-corrected chi connectivity index (χ3v) is 3.10. The highest BCUT2D eigenvalue weighted by Crippen LogP contribution is 2.23. The highest BCUT2D eigenvalue weighted by Gasteiger charge is 2.09. The summed E-state index contributed by atoms with van der Waals surface area (Å²) in [7, 11) is 0. The third kappa shape index (κ3) is 3.33. The van der Waals surface area contributed by atoms with E-state index >= 15 is 0 Å². The Kier molecular flexibility index (Phi) is 4.31. The molecule has 0 amide bonds. The summed E-state index contributed by atoms with van der Waals surface area (Å²) in [6.07, 6.45) is -0.731. The van der Waals surface area contributed by atoms with Gasteiger partial charge in [0, 0.05) is 11.3 Å². The molecule has 0 aliphatic carbocycles. The quantitative estimate of drug-likeness (QED) is 0.502. The molecule has 1 heterocycles. The van der Waals surface area contributed by atoms with Crippen LogP contribution in [0, 0.1) is 13.8 Å². The predicted molar refractivity (Wildman–Crippen MR) is 59.7 cm³/mol. The van der Waals surface area contributed by atoms with Gasteiger partial charge < -0.3 is 15.9 Å². The van der Waals surface area contributed by atoms with E-state index in [-0.39, 0.29) is 6.61 Å². The van der Waals surface area contributed by atoms with Gasteiger partial charge in [-0.2, -0.15) is 0 Å². The van der Waals surface area contributed by atoms with E-state index in [2.05, 4.69) is 9.97 Å². The van der Waals surface area contributed by atoms with Crippen LogP contribution in [0.3, 0.4) is 0 Å². The fourth-order valence-corrected chi connectivity index (χ4v) is 1.97. The molecular formula is C9H15N3O2S. The smallest absolute Gasteiger partial charge is 0.131 e. The number of aromatic nitrogens is 2. The summed E-state index contributed by atoms with van der Waals surface area (Å²) in [6, 6.07) is 0. The molecule has 1 atom stereocenters. The molecule has 84 valence electrons. The summed E-state index contributed by atoms with van der Waals surface area (Å²) in [6.45, 7) is 3.36. The number of hydrogen-bond donors (Lipinski definition) is 3. The molecule has 15 heavy (non-hydrogen) atoms. The number of nitrogens with zero attached hydrogens (tertiary/aromatic N) is 2. The van der Waals surface area contributed by atoms with Crippen LogP contribution in [0.5, 0.6) is 0 Å². The number of aliphatic hydroxyl groups excluding tert-OH is 2. The summed E-state index contributed by atoms with van der Waals surface area (Å²) < 4.78 is 0. The summed E-state index contributed by atoms with van der Waals surface area (Å²) in [5.41, 5.74) is 6.50. The monoisotopic (exact) mass is 229 g/mol. The van der Waals surface area contributed by atoms with Crippen molar-refractivity contribution in [3.05, 3.63) is 11.4 Å². The number of hydrogen-bond acceptors (Lipinski definition) is 6. The molecule has 1 aromatic heterocycles. The number of thioether (sulfide) groups is 1. The number of aryl methyl sites for hydroxylation is 1. The van der Waals surface area contributed by atoms with Crippen molar-refractivity contribution in [1.82, 2.24) is 9.97 Å². The zero-order valence-corrected chi connectivity index (χ0v) is 9.58. The number of nitrogens with two attached hydrogens (primary N) is 1. The van der Waals surface area contributed by atoms with E-state index in [0.29, 0.717) is 17.4 Å². The number of anilines is 1. The van der Waals surface area contributed by atoms with Gasteiger partial charge in [-0.3, -0.25) is 0 Å². The van der Waals surface area contributed by atoms with Gasteiger partial charge in [0.2, 0.25) is 0 Å². The average Bonchev–Trinajstić information content (AvgIpc) is 2.20. The number of aliphatic hydroxyl groups is 2. The van der Waals surface area contributed by atoms with Gasteiger partial charge in [-0.05, 0) is 13.8 Å². The molecule has 1 unspecified atom stereocenters. The van der Waals surface area contributed by atoms with Crippen LogP contribution in [0.1, 0.15) is 11.4 Å². The van der Waals surface area contributed by atoms with Crippen LogP contribution in [-0.2, 0) is 0 Å². The molecule has 0 aliphatic rings. The Morgan fingerprint density at radius 1 is 1.40 bits per heavy atom. The maximum Gasteiger partial charge on any atom is 0.131 e. The third-order valence-electron chi connectivity index (χ3n) is 1.87. The van der Waals surface area contributed by atoms with Gasteiger partial charge in [-0.1, -0.05) is 0 Å². The number of rotatable bonds is 4. The second-order valence-electron chi connectivity index (χ2n) is 3.23. The van der Waals surface area contributed by atoms with E-state index in [1.807, 2.05) is 6.92 Å².